The Bertz CT molecular complexity index is 836. The minimum Gasteiger partial charge on any atom is -0.486 e. The number of fused-ring (bicyclic) bond motifs is 1. The third kappa shape index (κ3) is 6.38. The summed E-state index contributed by atoms with van der Waals surface area (Å²) in [5.41, 5.74) is 0. The standard InChI is InChI=1S/C17H22N2O3S.C4H4O4/c1-12-16(20)18-17(23-12)6-8-19(9-7-17)10-13-11-21-14-4-2-3-5-15(14)22-13;5-3(6)1-2-4(7)8/h2-5,12-13H,6-11H2,1H3,(H,18,20);1-2H,(H,5,6)(H,7,8). The fourth-order valence-electron chi connectivity index (χ4n) is 3.67. The molecule has 3 aliphatic heterocycles. The number of para-hydroxylation sites is 2. The highest BCUT2D eigenvalue weighted by Crippen LogP contribution is 2.41. The lowest BCUT2D eigenvalue weighted by atomic mass is 10.0. The van der Waals surface area contributed by atoms with Gasteiger partial charge in [-0.25, -0.2) is 9.59 Å². The first kappa shape index (κ1) is 23.0. The number of thioether (sulfide) groups is 1. The van der Waals surface area contributed by atoms with Gasteiger partial charge in [0.2, 0.25) is 5.91 Å². The summed E-state index contributed by atoms with van der Waals surface area (Å²) < 4.78 is 11.8. The van der Waals surface area contributed by atoms with Gasteiger partial charge in [0.25, 0.3) is 0 Å². The van der Waals surface area contributed by atoms with Crippen LogP contribution in [-0.4, -0.2) is 75.4 Å². The second kappa shape index (κ2) is 10.1. The summed E-state index contributed by atoms with van der Waals surface area (Å²) in [7, 11) is 0. The van der Waals surface area contributed by atoms with Crippen LogP contribution in [0.2, 0.25) is 0 Å². The molecule has 0 radical (unpaired) electrons. The molecule has 3 heterocycles. The van der Waals surface area contributed by atoms with Crippen LogP contribution in [0.25, 0.3) is 0 Å². The minimum atomic E-state index is -1.26. The van der Waals surface area contributed by atoms with Crippen molar-refractivity contribution in [3.05, 3.63) is 36.4 Å². The van der Waals surface area contributed by atoms with Crippen LogP contribution in [0.15, 0.2) is 36.4 Å². The van der Waals surface area contributed by atoms with Crippen LogP contribution in [0, 0.1) is 0 Å². The monoisotopic (exact) mass is 450 g/mol. The number of aliphatic carboxylic acids is 2. The predicted molar refractivity (Wildman–Crippen MR) is 114 cm³/mol. The first-order chi connectivity index (χ1) is 14.8. The lowest BCUT2D eigenvalue weighted by molar-refractivity contribution is -0.134. The predicted octanol–water partition coefficient (Wildman–Crippen LogP) is 1.58. The molecule has 2 fully saturated rings. The van der Waals surface area contributed by atoms with Crippen molar-refractivity contribution in [2.45, 2.75) is 36.0 Å². The SMILES string of the molecule is CC1SC2(CCN(CC3COc4ccccc4O3)CC2)NC1=O.O=C(O)C=CC(=O)O. The number of piperidine rings is 1. The van der Waals surface area contributed by atoms with Crippen LogP contribution in [0.3, 0.4) is 0 Å². The van der Waals surface area contributed by atoms with Crippen molar-refractivity contribution in [2.24, 2.45) is 0 Å². The van der Waals surface area contributed by atoms with E-state index in [-0.39, 0.29) is 22.1 Å². The largest absolute Gasteiger partial charge is 0.486 e. The Morgan fingerprint density at radius 3 is 2.35 bits per heavy atom. The Hall–Kier alpha value is -2.72. The van der Waals surface area contributed by atoms with Crippen LogP contribution in [0.4, 0.5) is 0 Å². The normalized spacial score (nSPS) is 24.4. The number of nitrogens with zero attached hydrogens (tertiary/aromatic N) is 1. The molecule has 2 saturated heterocycles. The molecule has 0 saturated carbocycles. The van der Waals surface area contributed by atoms with Crippen molar-refractivity contribution in [3.8, 4) is 11.5 Å². The van der Waals surface area contributed by atoms with Gasteiger partial charge in [-0.15, -0.1) is 11.8 Å². The molecule has 4 rings (SSSR count). The molecule has 3 N–H and O–H groups in total. The van der Waals surface area contributed by atoms with Crippen LogP contribution < -0.4 is 14.8 Å². The van der Waals surface area contributed by atoms with Gasteiger partial charge in [0.05, 0.1) is 10.1 Å². The molecule has 0 aromatic heterocycles. The summed E-state index contributed by atoms with van der Waals surface area (Å²) in [5.74, 6) is -0.658. The van der Waals surface area contributed by atoms with Crippen molar-refractivity contribution in [2.75, 3.05) is 26.2 Å². The third-order valence-electron chi connectivity index (χ3n) is 5.18. The first-order valence-corrected chi connectivity index (χ1v) is 10.9. The van der Waals surface area contributed by atoms with Gasteiger partial charge in [-0.3, -0.25) is 9.69 Å². The molecular weight excluding hydrogens is 424 g/mol. The summed E-state index contributed by atoms with van der Waals surface area (Å²) >= 11 is 1.79. The average molecular weight is 451 g/mol. The molecule has 2 atom stereocenters. The molecule has 3 aliphatic rings. The Kier molecular flexibility index (Phi) is 7.45. The molecule has 0 aliphatic carbocycles. The van der Waals surface area contributed by atoms with Crippen LogP contribution in [0.5, 0.6) is 11.5 Å². The molecule has 1 aromatic carbocycles. The van der Waals surface area contributed by atoms with E-state index in [4.69, 9.17) is 19.7 Å². The van der Waals surface area contributed by atoms with E-state index in [9.17, 15) is 14.4 Å². The van der Waals surface area contributed by atoms with Gasteiger partial charge in [0.1, 0.15) is 12.7 Å². The molecule has 1 amide bonds. The summed E-state index contributed by atoms with van der Waals surface area (Å²) in [6.45, 7) is 5.44. The van der Waals surface area contributed by atoms with Gasteiger partial charge in [-0.05, 0) is 31.9 Å². The quantitative estimate of drug-likeness (QED) is 0.586. The van der Waals surface area contributed by atoms with Gasteiger partial charge >= 0.3 is 11.9 Å². The van der Waals surface area contributed by atoms with E-state index < -0.39 is 11.9 Å². The smallest absolute Gasteiger partial charge is 0.328 e. The summed E-state index contributed by atoms with van der Waals surface area (Å²) in [6, 6.07) is 7.83. The Balaban J connectivity index is 0.000000293. The van der Waals surface area contributed by atoms with E-state index in [2.05, 4.69) is 10.2 Å². The van der Waals surface area contributed by atoms with Gasteiger partial charge in [0.15, 0.2) is 11.5 Å². The lowest BCUT2D eigenvalue weighted by Crippen LogP contribution is -2.52. The van der Waals surface area contributed by atoms with Gasteiger partial charge in [-0.2, -0.15) is 0 Å². The van der Waals surface area contributed by atoms with Crippen LogP contribution in [-0.2, 0) is 14.4 Å². The maximum atomic E-state index is 11.8. The van der Waals surface area contributed by atoms with Gasteiger partial charge < -0.3 is 25.0 Å². The van der Waals surface area contributed by atoms with Crippen molar-refractivity contribution in [1.82, 2.24) is 10.2 Å². The summed E-state index contributed by atoms with van der Waals surface area (Å²) in [5, 5.41) is 18.9. The number of ether oxygens (including phenoxy) is 2. The zero-order valence-corrected chi connectivity index (χ0v) is 18.0. The van der Waals surface area contributed by atoms with E-state index >= 15 is 0 Å². The zero-order valence-electron chi connectivity index (χ0n) is 17.2. The van der Waals surface area contributed by atoms with E-state index in [1.165, 1.54) is 0 Å². The molecule has 9 nitrogen and oxygen atoms in total. The van der Waals surface area contributed by atoms with Crippen LogP contribution >= 0.6 is 11.8 Å². The molecule has 1 aromatic rings. The van der Waals surface area contributed by atoms with Crippen molar-refractivity contribution in [3.63, 3.8) is 0 Å². The number of benzene rings is 1. The number of amides is 1. The molecule has 31 heavy (non-hydrogen) atoms. The van der Waals surface area contributed by atoms with Gasteiger partial charge in [0, 0.05) is 31.8 Å². The first-order valence-electron chi connectivity index (χ1n) is 10.0. The number of hydrogen-bond acceptors (Lipinski definition) is 7. The van der Waals surface area contributed by atoms with Crippen LogP contribution in [0.1, 0.15) is 19.8 Å². The number of carbonyl (C=O) groups is 3. The molecule has 2 unspecified atom stereocenters. The molecule has 1 spiro atoms. The fraction of sp³-hybridized carbons (Fsp3) is 0.476. The molecular formula is C21H26N2O7S. The second-order valence-corrected chi connectivity index (χ2v) is 9.28. The minimum absolute atomic E-state index is 0.0382. The molecule has 168 valence electrons. The summed E-state index contributed by atoms with van der Waals surface area (Å²) in [6.07, 6.45) is 3.18. The maximum absolute atomic E-state index is 11.8. The maximum Gasteiger partial charge on any atom is 0.328 e. The zero-order chi connectivity index (χ0) is 22.4. The number of carbonyl (C=O) groups excluding carboxylic acids is 1. The highest BCUT2D eigenvalue weighted by atomic mass is 32.2. The highest BCUT2D eigenvalue weighted by Gasteiger charge is 2.45. The van der Waals surface area contributed by atoms with E-state index in [1.54, 1.807) is 11.8 Å². The van der Waals surface area contributed by atoms with Crippen molar-refractivity contribution in [1.29, 1.82) is 0 Å². The Morgan fingerprint density at radius 2 is 1.81 bits per heavy atom. The molecule has 0 bridgehead atoms. The number of carboxylic acids is 2. The number of hydrogen-bond donors (Lipinski definition) is 3. The number of nitrogens with one attached hydrogen (secondary N) is 1. The fourth-order valence-corrected chi connectivity index (χ4v) is 5.09. The molecule has 10 heteroatoms. The van der Waals surface area contributed by atoms with E-state index in [0.717, 1.165) is 44.0 Å². The number of carboxylic acid groups (broad SMARTS) is 2. The Labute approximate surface area is 184 Å². The summed E-state index contributed by atoms with van der Waals surface area (Å²) in [4.78, 5) is 33.3. The average Bonchev–Trinajstić information content (AvgIpc) is 3.02. The van der Waals surface area contributed by atoms with E-state index in [1.807, 2.05) is 31.2 Å². The second-order valence-electron chi connectivity index (χ2n) is 7.55. The number of rotatable bonds is 4. The van der Waals surface area contributed by atoms with Crippen molar-refractivity contribution >= 4 is 29.6 Å². The lowest BCUT2D eigenvalue weighted by Gasteiger charge is -2.40. The topological polar surface area (TPSA) is 125 Å². The Morgan fingerprint density at radius 1 is 1.19 bits per heavy atom. The highest BCUT2D eigenvalue weighted by molar-refractivity contribution is 8.02. The van der Waals surface area contributed by atoms with E-state index in [0.29, 0.717) is 18.8 Å². The number of likely N-dealkylation sites (tertiary alicyclic amines) is 1. The van der Waals surface area contributed by atoms with Gasteiger partial charge in [-0.1, -0.05) is 12.1 Å². The third-order valence-corrected chi connectivity index (χ3v) is 6.71. The van der Waals surface area contributed by atoms with Crippen molar-refractivity contribution < 1.29 is 34.1 Å².